The molecule has 2 aromatic heterocycles. The lowest BCUT2D eigenvalue weighted by atomic mass is 9.88. The Bertz CT molecular complexity index is 1330. The number of thioether (sulfide) groups is 1. The van der Waals surface area contributed by atoms with E-state index in [2.05, 4.69) is 44.9 Å². The molecule has 0 bridgehead atoms. The van der Waals surface area contributed by atoms with Crippen LogP contribution in [0.5, 0.6) is 0 Å². The number of para-hydroxylation sites is 1. The molecule has 2 aromatic carbocycles. The molecule has 0 atom stereocenters. The van der Waals surface area contributed by atoms with Gasteiger partial charge in [0.25, 0.3) is 0 Å². The van der Waals surface area contributed by atoms with Gasteiger partial charge in [-0.25, -0.2) is 4.98 Å². The fraction of sp³-hybridized carbons (Fsp3) is 0.385. The second-order valence-electron chi connectivity index (χ2n) is 9.09. The van der Waals surface area contributed by atoms with Crippen LogP contribution >= 0.6 is 11.8 Å². The summed E-state index contributed by atoms with van der Waals surface area (Å²) in [7, 11) is 0. The molecule has 1 aliphatic heterocycles. The summed E-state index contributed by atoms with van der Waals surface area (Å²) in [6, 6.07) is 16.6. The molecule has 3 heterocycles. The largest absolute Gasteiger partial charge is 0.337 e. The van der Waals surface area contributed by atoms with Gasteiger partial charge in [0.2, 0.25) is 5.91 Å². The third-order valence-electron chi connectivity index (χ3n) is 7.02. The third kappa shape index (κ3) is 3.88. The van der Waals surface area contributed by atoms with Crippen molar-refractivity contribution in [3.63, 3.8) is 0 Å². The average molecular weight is 458 g/mol. The van der Waals surface area contributed by atoms with E-state index in [0.717, 1.165) is 53.3 Å². The van der Waals surface area contributed by atoms with Crippen molar-refractivity contribution in [1.29, 1.82) is 0 Å². The molecule has 0 N–H and O–H groups in total. The number of carbonyl (C=O) groups is 1. The van der Waals surface area contributed by atoms with Crippen LogP contribution < -0.4 is 0 Å². The summed E-state index contributed by atoms with van der Waals surface area (Å²) < 4.78 is 2.13. The first-order valence-electron chi connectivity index (χ1n) is 11.9. The maximum atomic E-state index is 13.1. The van der Waals surface area contributed by atoms with E-state index in [9.17, 15) is 4.79 Å². The molecule has 6 rings (SSSR count). The summed E-state index contributed by atoms with van der Waals surface area (Å²) in [5.41, 5.74) is 4.43. The van der Waals surface area contributed by atoms with Gasteiger partial charge in [-0.05, 0) is 42.5 Å². The lowest BCUT2D eigenvalue weighted by Crippen LogP contribution is -2.37. The molecule has 0 radical (unpaired) electrons. The minimum absolute atomic E-state index is 0.152. The van der Waals surface area contributed by atoms with Crippen LogP contribution in [0.15, 0.2) is 53.7 Å². The maximum Gasteiger partial charge on any atom is 0.233 e. The highest BCUT2D eigenvalue weighted by Crippen LogP contribution is 2.35. The van der Waals surface area contributed by atoms with Gasteiger partial charge in [-0.15, -0.1) is 10.2 Å². The molecule has 1 saturated carbocycles. The Balaban J connectivity index is 1.29. The minimum Gasteiger partial charge on any atom is -0.337 e. The molecule has 7 heteroatoms. The van der Waals surface area contributed by atoms with E-state index in [1.165, 1.54) is 42.2 Å². The molecule has 168 valence electrons. The van der Waals surface area contributed by atoms with Gasteiger partial charge in [-0.3, -0.25) is 9.20 Å². The van der Waals surface area contributed by atoms with Crippen molar-refractivity contribution in [3.05, 3.63) is 65.5 Å². The SMILES string of the molecule is O=C(CSc1nnc2c3ccccc3nc(C3CCCCC3)n12)N1CCc2ccccc2C1. The number of fused-ring (bicyclic) bond motifs is 4. The fourth-order valence-corrected chi connectivity index (χ4v) is 6.08. The number of hydrogen-bond acceptors (Lipinski definition) is 5. The number of amides is 1. The van der Waals surface area contributed by atoms with E-state index < -0.39 is 0 Å². The Hall–Kier alpha value is -2.93. The second kappa shape index (κ2) is 8.78. The summed E-state index contributed by atoms with van der Waals surface area (Å²) in [5, 5.41) is 10.9. The van der Waals surface area contributed by atoms with Gasteiger partial charge in [0, 0.05) is 24.4 Å². The highest BCUT2D eigenvalue weighted by Gasteiger charge is 2.25. The number of hydrogen-bond donors (Lipinski definition) is 0. The first kappa shape index (κ1) is 20.7. The van der Waals surface area contributed by atoms with Gasteiger partial charge in [-0.1, -0.05) is 67.4 Å². The van der Waals surface area contributed by atoms with Gasteiger partial charge in [0.1, 0.15) is 5.82 Å². The van der Waals surface area contributed by atoms with Crippen LogP contribution in [0.2, 0.25) is 0 Å². The van der Waals surface area contributed by atoms with E-state index in [4.69, 9.17) is 4.98 Å². The van der Waals surface area contributed by atoms with E-state index in [-0.39, 0.29) is 5.91 Å². The summed E-state index contributed by atoms with van der Waals surface area (Å²) in [5.74, 6) is 1.98. The number of rotatable bonds is 4. The molecule has 1 aliphatic carbocycles. The van der Waals surface area contributed by atoms with Crippen molar-refractivity contribution in [1.82, 2.24) is 24.5 Å². The van der Waals surface area contributed by atoms with Crippen LogP contribution in [0.25, 0.3) is 16.6 Å². The lowest BCUT2D eigenvalue weighted by Gasteiger charge is -2.28. The van der Waals surface area contributed by atoms with Crippen molar-refractivity contribution in [2.45, 2.75) is 56.1 Å². The van der Waals surface area contributed by atoms with Crippen LogP contribution in [0.3, 0.4) is 0 Å². The van der Waals surface area contributed by atoms with Crippen molar-refractivity contribution < 1.29 is 4.79 Å². The van der Waals surface area contributed by atoms with Crippen LogP contribution in [-0.2, 0) is 17.8 Å². The number of nitrogens with zero attached hydrogens (tertiary/aromatic N) is 5. The van der Waals surface area contributed by atoms with E-state index in [1.54, 1.807) is 0 Å². The van der Waals surface area contributed by atoms with Crippen LogP contribution in [0.1, 0.15) is 55.0 Å². The van der Waals surface area contributed by atoms with E-state index >= 15 is 0 Å². The quantitative estimate of drug-likeness (QED) is 0.404. The zero-order valence-corrected chi connectivity index (χ0v) is 19.4. The van der Waals surface area contributed by atoms with Gasteiger partial charge in [0.05, 0.1) is 11.3 Å². The highest BCUT2D eigenvalue weighted by atomic mass is 32.2. The van der Waals surface area contributed by atoms with Crippen LogP contribution in [0, 0.1) is 0 Å². The van der Waals surface area contributed by atoms with Crippen LogP contribution in [0.4, 0.5) is 0 Å². The summed E-state index contributed by atoms with van der Waals surface area (Å²) in [4.78, 5) is 20.1. The monoisotopic (exact) mass is 457 g/mol. The Labute approximate surface area is 197 Å². The predicted molar refractivity (Wildman–Crippen MR) is 130 cm³/mol. The van der Waals surface area contributed by atoms with Crippen molar-refractivity contribution in [3.8, 4) is 0 Å². The average Bonchev–Trinajstić information content (AvgIpc) is 3.31. The third-order valence-corrected chi connectivity index (χ3v) is 7.93. The van der Waals surface area contributed by atoms with Gasteiger partial charge in [-0.2, -0.15) is 0 Å². The predicted octanol–water partition coefficient (Wildman–Crippen LogP) is 5.00. The second-order valence-corrected chi connectivity index (χ2v) is 10.0. The van der Waals surface area contributed by atoms with Crippen molar-refractivity contribution in [2.75, 3.05) is 12.3 Å². The van der Waals surface area contributed by atoms with Gasteiger partial charge < -0.3 is 4.90 Å². The first-order chi connectivity index (χ1) is 16.3. The molecule has 1 fully saturated rings. The first-order valence-corrected chi connectivity index (χ1v) is 12.9. The zero-order valence-electron chi connectivity index (χ0n) is 18.6. The van der Waals surface area contributed by atoms with E-state index in [0.29, 0.717) is 18.2 Å². The Kier molecular flexibility index (Phi) is 5.50. The molecule has 0 saturated heterocycles. The smallest absolute Gasteiger partial charge is 0.233 e. The molecular weight excluding hydrogens is 430 g/mol. The highest BCUT2D eigenvalue weighted by molar-refractivity contribution is 7.99. The molecule has 33 heavy (non-hydrogen) atoms. The number of aromatic nitrogens is 4. The summed E-state index contributed by atoms with van der Waals surface area (Å²) in [6.45, 7) is 1.46. The lowest BCUT2D eigenvalue weighted by molar-refractivity contribution is -0.129. The molecule has 0 unspecified atom stereocenters. The zero-order chi connectivity index (χ0) is 22.2. The summed E-state index contributed by atoms with van der Waals surface area (Å²) >= 11 is 1.48. The Morgan fingerprint density at radius 2 is 1.76 bits per heavy atom. The van der Waals surface area contributed by atoms with Crippen molar-refractivity contribution >= 4 is 34.2 Å². The Morgan fingerprint density at radius 1 is 0.970 bits per heavy atom. The number of benzene rings is 2. The topological polar surface area (TPSA) is 63.4 Å². The molecule has 0 spiro atoms. The fourth-order valence-electron chi connectivity index (χ4n) is 5.24. The van der Waals surface area contributed by atoms with Gasteiger partial charge in [0.15, 0.2) is 10.8 Å². The molecule has 2 aliphatic rings. The summed E-state index contributed by atoms with van der Waals surface area (Å²) in [6.07, 6.45) is 6.98. The van der Waals surface area contributed by atoms with Crippen LogP contribution in [-0.4, -0.2) is 42.7 Å². The minimum atomic E-state index is 0.152. The molecule has 4 aromatic rings. The normalized spacial score (nSPS) is 16.9. The molecule has 1 amide bonds. The molecule has 6 nitrogen and oxygen atoms in total. The standard InChI is InChI=1S/C26H27N5OS/c32-23(30-15-14-18-8-4-5-11-20(18)16-30)17-33-26-29-28-25-21-12-6-7-13-22(21)27-24(31(25)26)19-9-2-1-3-10-19/h4-8,11-13,19H,1-3,9-10,14-17H2. The van der Waals surface area contributed by atoms with E-state index in [1.807, 2.05) is 23.1 Å². The maximum absolute atomic E-state index is 13.1. The molecular formula is C26H27N5OS. The number of carbonyl (C=O) groups excluding carboxylic acids is 1. The van der Waals surface area contributed by atoms with Gasteiger partial charge >= 0.3 is 0 Å². The van der Waals surface area contributed by atoms with Crippen molar-refractivity contribution in [2.24, 2.45) is 0 Å². The Morgan fingerprint density at radius 3 is 2.64 bits per heavy atom.